The predicted octanol–water partition coefficient (Wildman–Crippen LogP) is 2.35. The number of morpholine rings is 1. The SMILES string of the molecule is COc1ccc(COc2cc(N3CCOCC3)cc3[nH]c(=O)cnc23)cc1. The second kappa shape index (κ2) is 7.67. The summed E-state index contributed by atoms with van der Waals surface area (Å²) in [5.74, 6) is 1.44. The molecule has 140 valence electrons. The van der Waals surface area contributed by atoms with Crippen LogP contribution in [-0.4, -0.2) is 43.4 Å². The highest BCUT2D eigenvalue weighted by Crippen LogP contribution is 2.30. The minimum atomic E-state index is -0.234. The number of methoxy groups -OCH3 is 1. The number of anilines is 1. The summed E-state index contributed by atoms with van der Waals surface area (Å²) in [5.41, 5.74) is 3.07. The van der Waals surface area contributed by atoms with Gasteiger partial charge in [0.05, 0.1) is 32.0 Å². The highest BCUT2D eigenvalue weighted by molar-refractivity contribution is 5.85. The Balaban J connectivity index is 1.65. The molecule has 1 aliphatic heterocycles. The van der Waals surface area contributed by atoms with Gasteiger partial charge in [0.2, 0.25) is 0 Å². The number of aromatic nitrogens is 2. The highest BCUT2D eigenvalue weighted by atomic mass is 16.5. The van der Waals surface area contributed by atoms with Crippen LogP contribution in [0.5, 0.6) is 11.5 Å². The molecule has 0 atom stereocenters. The molecule has 3 aromatic rings. The van der Waals surface area contributed by atoms with Crippen LogP contribution in [0.25, 0.3) is 11.0 Å². The standard InChI is InChI=1S/C20H21N3O4/c1-25-16-4-2-14(3-5-16)13-27-18-11-15(23-6-8-26-9-7-23)10-17-20(18)21-12-19(24)22-17/h2-5,10-12H,6-9,13H2,1H3,(H,22,24). The summed E-state index contributed by atoms with van der Waals surface area (Å²) < 4.78 is 16.7. The van der Waals surface area contributed by atoms with Gasteiger partial charge in [-0.25, -0.2) is 4.98 Å². The molecular weight excluding hydrogens is 346 g/mol. The first-order valence-corrected chi connectivity index (χ1v) is 8.84. The molecule has 2 heterocycles. The topological polar surface area (TPSA) is 76.7 Å². The fourth-order valence-electron chi connectivity index (χ4n) is 3.11. The monoisotopic (exact) mass is 367 g/mol. The largest absolute Gasteiger partial charge is 0.497 e. The molecule has 1 fully saturated rings. The van der Waals surface area contributed by atoms with Crippen molar-refractivity contribution in [3.05, 3.63) is 58.5 Å². The van der Waals surface area contributed by atoms with Gasteiger partial charge in [-0.2, -0.15) is 0 Å². The average molecular weight is 367 g/mol. The predicted molar refractivity (Wildman–Crippen MR) is 103 cm³/mol. The number of fused-ring (bicyclic) bond motifs is 1. The minimum Gasteiger partial charge on any atom is -0.497 e. The number of rotatable bonds is 5. The summed E-state index contributed by atoms with van der Waals surface area (Å²) >= 11 is 0. The maximum Gasteiger partial charge on any atom is 0.266 e. The fourth-order valence-corrected chi connectivity index (χ4v) is 3.11. The van der Waals surface area contributed by atoms with Crippen LogP contribution in [0, 0.1) is 0 Å². The van der Waals surface area contributed by atoms with Gasteiger partial charge in [0.15, 0.2) is 0 Å². The molecule has 7 nitrogen and oxygen atoms in total. The van der Waals surface area contributed by atoms with Crippen molar-refractivity contribution >= 4 is 16.7 Å². The molecule has 0 bridgehead atoms. The molecule has 1 aromatic heterocycles. The van der Waals surface area contributed by atoms with Crippen molar-refractivity contribution in [3.63, 3.8) is 0 Å². The molecule has 0 saturated carbocycles. The third-order valence-electron chi connectivity index (χ3n) is 4.56. The highest BCUT2D eigenvalue weighted by Gasteiger charge is 2.15. The molecule has 0 unspecified atom stereocenters. The lowest BCUT2D eigenvalue weighted by atomic mass is 10.2. The van der Waals surface area contributed by atoms with Crippen LogP contribution in [0.2, 0.25) is 0 Å². The zero-order chi connectivity index (χ0) is 18.6. The van der Waals surface area contributed by atoms with Crippen LogP contribution >= 0.6 is 0 Å². The van der Waals surface area contributed by atoms with E-state index in [9.17, 15) is 4.79 Å². The maximum absolute atomic E-state index is 11.7. The number of ether oxygens (including phenoxy) is 3. The Bertz CT molecular complexity index is 979. The molecular formula is C20H21N3O4. The summed E-state index contributed by atoms with van der Waals surface area (Å²) in [6, 6.07) is 11.6. The van der Waals surface area contributed by atoms with Gasteiger partial charge in [0.25, 0.3) is 5.56 Å². The van der Waals surface area contributed by atoms with Gasteiger partial charge in [-0.3, -0.25) is 4.79 Å². The van der Waals surface area contributed by atoms with Crippen molar-refractivity contribution < 1.29 is 14.2 Å². The minimum absolute atomic E-state index is 0.234. The van der Waals surface area contributed by atoms with Gasteiger partial charge >= 0.3 is 0 Å². The van der Waals surface area contributed by atoms with Crippen LogP contribution in [0.1, 0.15) is 5.56 Å². The molecule has 1 aliphatic rings. The second-order valence-electron chi connectivity index (χ2n) is 6.32. The molecule has 1 saturated heterocycles. The van der Waals surface area contributed by atoms with E-state index < -0.39 is 0 Å². The number of nitrogens with zero attached hydrogens (tertiary/aromatic N) is 2. The van der Waals surface area contributed by atoms with E-state index >= 15 is 0 Å². The third kappa shape index (κ3) is 3.88. The molecule has 0 spiro atoms. The van der Waals surface area contributed by atoms with Gasteiger partial charge in [0, 0.05) is 24.8 Å². The Morgan fingerprint density at radius 3 is 2.70 bits per heavy atom. The molecule has 4 rings (SSSR count). The summed E-state index contributed by atoms with van der Waals surface area (Å²) in [5, 5.41) is 0. The summed E-state index contributed by atoms with van der Waals surface area (Å²) in [7, 11) is 1.64. The van der Waals surface area contributed by atoms with E-state index in [0.29, 0.717) is 36.6 Å². The van der Waals surface area contributed by atoms with Gasteiger partial charge in [-0.1, -0.05) is 12.1 Å². The first-order chi connectivity index (χ1) is 13.2. The van der Waals surface area contributed by atoms with E-state index in [1.54, 1.807) is 7.11 Å². The van der Waals surface area contributed by atoms with Gasteiger partial charge in [-0.15, -0.1) is 0 Å². The van der Waals surface area contributed by atoms with Crippen LogP contribution in [-0.2, 0) is 11.3 Å². The van der Waals surface area contributed by atoms with E-state index in [-0.39, 0.29) is 5.56 Å². The van der Waals surface area contributed by atoms with E-state index in [0.717, 1.165) is 30.1 Å². The summed E-state index contributed by atoms with van der Waals surface area (Å²) in [6.07, 6.45) is 1.27. The molecule has 0 amide bonds. The Labute approximate surface area is 156 Å². The number of hydrogen-bond donors (Lipinski definition) is 1. The van der Waals surface area contributed by atoms with E-state index in [2.05, 4.69) is 14.9 Å². The van der Waals surface area contributed by atoms with Crippen molar-refractivity contribution in [2.24, 2.45) is 0 Å². The Morgan fingerprint density at radius 2 is 1.96 bits per heavy atom. The third-order valence-corrected chi connectivity index (χ3v) is 4.56. The molecule has 0 radical (unpaired) electrons. The van der Waals surface area contributed by atoms with E-state index in [1.807, 2.05) is 36.4 Å². The number of hydrogen-bond acceptors (Lipinski definition) is 6. The number of aromatic amines is 1. The normalized spacial score (nSPS) is 14.3. The zero-order valence-electron chi connectivity index (χ0n) is 15.1. The lowest BCUT2D eigenvalue weighted by molar-refractivity contribution is 0.122. The van der Waals surface area contributed by atoms with Crippen LogP contribution in [0.15, 0.2) is 47.4 Å². The van der Waals surface area contributed by atoms with E-state index in [1.165, 1.54) is 6.20 Å². The fraction of sp³-hybridized carbons (Fsp3) is 0.300. The lowest BCUT2D eigenvalue weighted by Crippen LogP contribution is -2.36. The Kier molecular flexibility index (Phi) is 4.93. The van der Waals surface area contributed by atoms with Crippen LogP contribution in [0.4, 0.5) is 5.69 Å². The summed E-state index contributed by atoms with van der Waals surface area (Å²) in [6.45, 7) is 3.36. The first-order valence-electron chi connectivity index (χ1n) is 8.84. The van der Waals surface area contributed by atoms with Crippen molar-refractivity contribution in [1.82, 2.24) is 9.97 Å². The molecule has 1 N–H and O–H groups in total. The summed E-state index contributed by atoms with van der Waals surface area (Å²) in [4.78, 5) is 21.1. The molecule has 7 heteroatoms. The van der Waals surface area contributed by atoms with Crippen molar-refractivity contribution in [2.45, 2.75) is 6.61 Å². The molecule has 27 heavy (non-hydrogen) atoms. The molecule has 2 aromatic carbocycles. The average Bonchev–Trinajstić information content (AvgIpc) is 2.72. The smallest absolute Gasteiger partial charge is 0.266 e. The number of H-pyrrole nitrogens is 1. The molecule has 0 aliphatic carbocycles. The number of nitrogens with one attached hydrogen (secondary N) is 1. The van der Waals surface area contributed by atoms with Crippen LogP contribution < -0.4 is 19.9 Å². The quantitative estimate of drug-likeness (QED) is 0.746. The van der Waals surface area contributed by atoms with Crippen LogP contribution in [0.3, 0.4) is 0 Å². The van der Waals surface area contributed by atoms with Crippen molar-refractivity contribution in [1.29, 1.82) is 0 Å². The van der Waals surface area contributed by atoms with Gasteiger partial charge in [0.1, 0.15) is 23.6 Å². The van der Waals surface area contributed by atoms with Crippen molar-refractivity contribution in [2.75, 3.05) is 38.3 Å². The van der Waals surface area contributed by atoms with Crippen molar-refractivity contribution in [3.8, 4) is 11.5 Å². The Morgan fingerprint density at radius 1 is 1.19 bits per heavy atom. The van der Waals surface area contributed by atoms with Gasteiger partial charge in [-0.05, 0) is 23.8 Å². The zero-order valence-corrected chi connectivity index (χ0v) is 15.1. The van der Waals surface area contributed by atoms with Gasteiger partial charge < -0.3 is 24.1 Å². The van der Waals surface area contributed by atoms with E-state index in [4.69, 9.17) is 14.2 Å². The lowest BCUT2D eigenvalue weighted by Gasteiger charge is -2.29. The maximum atomic E-state index is 11.7. The Hall–Kier alpha value is -3.06. The first kappa shape index (κ1) is 17.4. The second-order valence-corrected chi connectivity index (χ2v) is 6.32. The number of benzene rings is 2.